The first kappa shape index (κ1) is 12.4. The van der Waals surface area contributed by atoms with Gasteiger partial charge in [0.1, 0.15) is 0 Å². The molecule has 0 saturated heterocycles. The molecule has 0 aliphatic rings. The molecular weight excluding hydrogens is 296 g/mol. The van der Waals surface area contributed by atoms with E-state index in [0.717, 1.165) is 5.69 Å². The Morgan fingerprint density at radius 3 is 2.72 bits per heavy atom. The van der Waals surface area contributed by atoms with E-state index < -0.39 is 5.97 Å². The first-order valence-corrected chi connectivity index (χ1v) is 5.96. The van der Waals surface area contributed by atoms with Gasteiger partial charge in [-0.1, -0.05) is 18.2 Å². The van der Waals surface area contributed by atoms with Crippen LogP contribution in [0.1, 0.15) is 21.6 Å². The molecule has 0 saturated carbocycles. The summed E-state index contributed by atoms with van der Waals surface area (Å²) in [7, 11) is 0. The van der Waals surface area contributed by atoms with Crippen molar-refractivity contribution >= 4 is 21.9 Å². The lowest BCUT2D eigenvalue weighted by atomic mass is 10.0. The van der Waals surface area contributed by atoms with Gasteiger partial charge in [0, 0.05) is 11.3 Å². The van der Waals surface area contributed by atoms with Gasteiger partial charge in [0.2, 0.25) is 0 Å². The summed E-state index contributed by atoms with van der Waals surface area (Å²) in [4.78, 5) is 14.3. The number of nitriles is 1. The molecule has 1 aromatic carbocycles. The molecule has 0 unspecified atom stereocenters. The van der Waals surface area contributed by atoms with Crippen LogP contribution in [0.4, 0.5) is 0 Å². The molecule has 0 fully saturated rings. The van der Waals surface area contributed by atoms with E-state index in [2.05, 4.69) is 27.0 Å². The molecule has 1 aromatic heterocycles. The number of aryl methyl sites for hydroxylation is 1. The highest BCUT2D eigenvalue weighted by atomic mass is 79.9. The number of rotatable bonds is 2. The Hall–Kier alpha value is -2.06. The Morgan fingerprint density at radius 1 is 1.44 bits per heavy atom. The lowest BCUT2D eigenvalue weighted by Gasteiger charge is -2.03. The van der Waals surface area contributed by atoms with Crippen LogP contribution in [0.5, 0.6) is 0 Å². The highest BCUT2D eigenvalue weighted by Gasteiger charge is 2.21. The predicted molar refractivity (Wildman–Crippen MR) is 70.3 cm³/mol. The molecule has 2 N–H and O–H groups in total. The number of aromatic nitrogens is 1. The van der Waals surface area contributed by atoms with Gasteiger partial charge in [0.05, 0.1) is 27.4 Å². The zero-order valence-electron chi connectivity index (χ0n) is 9.49. The van der Waals surface area contributed by atoms with Crippen molar-refractivity contribution in [2.24, 2.45) is 0 Å². The smallest absolute Gasteiger partial charge is 0.339 e. The standard InChI is InChI=1S/C13H9BrN2O2/c1-7-11(14)10(13(17)18)12(16-7)9-5-3-2-4-8(9)6-15/h2-5,16H,1H3,(H,17,18). The number of nitrogens with one attached hydrogen (secondary N) is 1. The number of nitrogens with zero attached hydrogens (tertiary/aromatic N) is 1. The normalized spacial score (nSPS) is 10.1. The maximum atomic E-state index is 11.3. The summed E-state index contributed by atoms with van der Waals surface area (Å²) in [5, 5.41) is 18.3. The van der Waals surface area contributed by atoms with Crippen molar-refractivity contribution in [3.05, 3.63) is 45.6 Å². The third-order valence-electron chi connectivity index (χ3n) is 2.64. The number of hydrogen-bond acceptors (Lipinski definition) is 2. The van der Waals surface area contributed by atoms with Gasteiger partial charge >= 0.3 is 5.97 Å². The molecule has 90 valence electrons. The fourth-order valence-electron chi connectivity index (χ4n) is 1.80. The van der Waals surface area contributed by atoms with Gasteiger partial charge in [-0.25, -0.2) is 4.79 Å². The maximum absolute atomic E-state index is 11.3. The van der Waals surface area contributed by atoms with Crippen LogP contribution in [0, 0.1) is 18.3 Å². The highest BCUT2D eigenvalue weighted by Crippen LogP contribution is 2.33. The minimum atomic E-state index is -1.03. The summed E-state index contributed by atoms with van der Waals surface area (Å²) in [5.41, 5.74) is 2.34. The van der Waals surface area contributed by atoms with Crippen LogP contribution >= 0.6 is 15.9 Å². The zero-order valence-corrected chi connectivity index (χ0v) is 11.1. The Kier molecular flexibility index (Phi) is 3.21. The van der Waals surface area contributed by atoms with Gasteiger partial charge < -0.3 is 10.1 Å². The average molecular weight is 305 g/mol. The number of halogens is 1. The minimum absolute atomic E-state index is 0.148. The first-order chi connectivity index (χ1) is 8.56. The van der Waals surface area contributed by atoms with E-state index in [0.29, 0.717) is 21.3 Å². The Morgan fingerprint density at radius 2 is 2.11 bits per heavy atom. The van der Waals surface area contributed by atoms with Gasteiger partial charge in [0.15, 0.2) is 0 Å². The molecular formula is C13H9BrN2O2. The van der Waals surface area contributed by atoms with Crippen molar-refractivity contribution in [2.75, 3.05) is 0 Å². The van der Waals surface area contributed by atoms with Crippen LogP contribution in [0.3, 0.4) is 0 Å². The number of H-pyrrole nitrogens is 1. The molecule has 0 atom stereocenters. The largest absolute Gasteiger partial charge is 0.478 e. The van der Waals surface area contributed by atoms with Crippen LogP contribution < -0.4 is 0 Å². The first-order valence-electron chi connectivity index (χ1n) is 5.17. The number of hydrogen-bond donors (Lipinski definition) is 2. The maximum Gasteiger partial charge on any atom is 0.339 e. The van der Waals surface area contributed by atoms with Crippen molar-refractivity contribution in [3.63, 3.8) is 0 Å². The Balaban J connectivity index is 2.76. The topological polar surface area (TPSA) is 76.9 Å². The van der Waals surface area contributed by atoms with Crippen LogP contribution in [0.15, 0.2) is 28.7 Å². The van der Waals surface area contributed by atoms with Gasteiger partial charge in [0.25, 0.3) is 0 Å². The number of aromatic amines is 1. The van der Waals surface area contributed by atoms with Gasteiger partial charge in [-0.05, 0) is 28.9 Å². The number of carboxylic acids is 1. The van der Waals surface area contributed by atoms with Crippen LogP contribution in [-0.4, -0.2) is 16.1 Å². The van der Waals surface area contributed by atoms with Gasteiger partial charge in [-0.2, -0.15) is 5.26 Å². The summed E-state index contributed by atoms with van der Waals surface area (Å²) in [5.74, 6) is -1.03. The molecule has 4 nitrogen and oxygen atoms in total. The molecule has 2 rings (SSSR count). The summed E-state index contributed by atoms with van der Waals surface area (Å²) in [6, 6.07) is 8.96. The number of aromatic carboxylic acids is 1. The molecule has 0 amide bonds. The van der Waals surface area contributed by atoms with Crippen molar-refractivity contribution in [1.82, 2.24) is 4.98 Å². The van der Waals surface area contributed by atoms with Crippen LogP contribution in [0.25, 0.3) is 11.3 Å². The summed E-state index contributed by atoms with van der Waals surface area (Å²) >= 11 is 3.25. The SMILES string of the molecule is Cc1[nH]c(-c2ccccc2C#N)c(C(=O)O)c1Br. The number of carbonyl (C=O) groups is 1. The van der Waals surface area contributed by atoms with Crippen LogP contribution in [0.2, 0.25) is 0 Å². The molecule has 0 bridgehead atoms. The molecule has 18 heavy (non-hydrogen) atoms. The quantitative estimate of drug-likeness (QED) is 0.893. The van der Waals surface area contributed by atoms with Crippen molar-refractivity contribution < 1.29 is 9.90 Å². The van der Waals surface area contributed by atoms with Crippen molar-refractivity contribution in [2.45, 2.75) is 6.92 Å². The molecule has 2 aromatic rings. The third-order valence-corrected chi connectivity index (χ3v) is 3.63. The Bertz CT molecular complexity index is 668. The summed E-state index contributed by atoms with van der Waals surface area (Å²) < 4.78 is 0.512. The molecule has 0 aliphatic heterocycles. The highest BCUT2D eigenvalue weighted by molar-refractivity contribution is 9.10. The molecule has 0 aliphatic carbocycles. The number of carboxylic acid groups (broad SMARTS) is 1. The van der Waals surface area contributed by atoms with Crippen molar-refractivity contribution in [1.29, 1.82) is 5.26 Å². The van der Waals surface area contributed by atoms with Gasteiger partial charge in [-0.3, -0.25) is 0 Å². The lowest BCUT2D eigenvalue weighted by Crippen LogP contribution is -1.99. The molecule has 0 spiro atoms. The van der Waals surface area contributed by atoms with E-state index >= 15 is 0 Å². The van der Waals surface area contributed by atoms with Crippen molar-refractivity contribution in [3.8, 4) is 17.3 Å². The van der Waals surface area contributed by atoms with E-state index in [-0.39, 0.29) is 5.56 Å². The summed E-state index contributed by atoms with van der Waals surface area (Å²) in [6.07, 6.45) is 0. The second-order valence-corrected chi connectivity index (χ2v) is 4.57. The fraction of sp³-hybridized carbons (Fsp3) is 0.0769. The lowest BCUT2D eigenvalue weighted by molar-refractivity contribution is 0.0697. The Labute approximate surface area is 112 Å². The second-order valence-electron chi connectivity index (χ2n) is 3.78. The van der Waals surface area contributed by atoms with E-state index in [4.69, 9.17) is 5.26 Å². The van der Waals surface area contributed by atoms with E-state index in [9.17, 15) is 9.90 Å². The van der Waals surface area contributed by atoms with E-state index in [1.165, 1.54) is 0 Å². The summed E-state index contributed by atoms with van der Waals surface area (Å²) in [6.45, 7) is 1.77. The van der Waals surface area contributed by atoms with Crippen LogP contribution in [-0.2, 0) is 0 Å². The zero-order chi connectivity index (χ0) is 13.3. The van der Waals surface area contributed by atoms with Gasteiger partial charge in [-0.15, -0.1) is 0 Å². The molecule has 0 radical (unpaired) electrons. The monoisotopic (exact) mass is 304 g/mol. The molecule has 1 heterocycles. The minimum Gasteiger partial charge on any atom is -0.478 e. The predicted octanol–water partition coefficient (Wildman–Crippen LogP) is 3.32. The number of benzene rings is 1. The second kappa shape index (κ2) is 4.67. The van der Waals surface area contributed by atoms with E-state index in [1.807, 2.05) is 0 Å². The fourth-order valence-corrected chi connectivity index (χ4v) is 2.27. The third kappa shape index (κ3) is 1.91. The van der Waals surface area contributed by atoms with E-state index in [1.54, 1.807) is 31.2 Å². The molecule has 5 heteroatoms. The average Bonchev–Trinajstić information content (AvgIpc) is 2.65.